The van der Waals surface area contributed by atoms with Gasteiger partial charge in [-0.05, 0) is 44.0 Å². The van der Waals surface area contributed by atoms with Crippen molar-refractivity contribution in [2.45, 2.75) is 44.2 Å². The van der Waals surface area contributed by atoms with Gasteiger partial charge in [-0.2, -0.15) is 4.31 Å². The Balaban J connectivity index is 2.39. The van der Waals surface area contributed by atoms with Crippen molar-refractivity contribution in [3.8, 4) is 0 Å². The summed E-state index contributed by atoms with van der Waals surface area (Å²) in [6, 6.07) is 4.75. The third-order valence-corrected chi connectivity index (χ3v) is 5.65. The third-order valence-electron chi connectivity index (χ3n) is 3.74. The highest BCUT2D eigenvalue weighted by atomic mass is 32.2. The zero-order valence-corrected chi connectivity index (χ0v) is 13.0. The largest absolute Gasteiger partial charge is 0.399 e. The molecule has 0 spiro atoms. The molecule has 1 aromatic rings. The average Bonchev–Trinajstić information content (AvgIpc) is 2.41. The van der Waals surface area contributed by atoms with Crippen molar-refractivity contribution in [3.05, 3.63) is 23.8 Å². The van der Waals surface area contributed by atoms with Crippen LogP contribution in [-0.4, -0.2) is 38.0 Å². The van der Waals surface area contributed by atoms with Crippen LogP contribution in [0.4, 0.5) is 5.69 Å². The van der Waals surface area contributed by atoms with E-state index >= 15 is 0 Å². The molecule has 1 aliphatic rings. The molecule has 0 radical (unpaired) electrons. The Morgan fingerprint density at radius 1 is 1.45 bits per heavy atom. The number of morpholine rings is 1. The molecule has 0 aromatic heterocycles. The Morgan fingerprint density at radius 3 is 2.75 bits per heavy atom. The summed E-state index contributed by atoms with van der Waals surface area (Å²) in [7, 11) is -3.50. The standard InChI is InChI=1S/C14H22N2O3S/c1-4-12-9-19-11(3)8-16(12)20(17,18)13-5-6-14(15)10(2)7-13/h5-7,11-12H,4,8-9,15H2,1-3H3. The topological polar surface area (TPSA) is 72.6 Å². The normalized spacial score (nSPS) is 24.8. The zero-order valence-electron chi connectivity index (χ0n) is 12.2. The van der Waals surface area contributed by atoms with Gasteiger partial charge in [-0.1, -0.05) is 6.92 Å². The summed E-state index contributed by atoms with van der Waals surface area (Å²) in [5, 5.41) is 0. The summed E-state index contributed by atoms with van der Waals surface area (Å²) < 4.78 is 32.7. The second-order valence-corrected chi connectivity index (χ2v) is 7.19. The third kappa shape index (κ3) is 2.82. The van der Waals surface area contributed by atoms with Crippen molar-refractivity contribution in [3.63, 3.8) is 0 Å². The van der Waals surface area contributed by atoms with Crippen LogP contribution < -0.4 is 5.73 Å². The number of benzene rings is 1. The molecule has 1 heterocycles. The molecule has 1 aromatic carbocycles. The maximum absolute atomic E-state index is 12.8. The number of nitrogens with two attached hydrogens (primary N) is 1. The molecule has 1 aliphatic heterocycles. The predicted molar refractivity (Wildman–Crippen MR) is 79.0 cm³/mol. The van der Waals surface area contributed by atoms with E-state index in [-0.39, 0.29) is 12.1 Å². The van der Waals surface area contributed by atoms with Gasteiger partial charge in [0.1, 0.15) is 0 Å². The lowest BCUT2D eigenvalue weighted by Crippen LogP contribution is -2.51. The van der Waals surface area contributed by atoms with Crippen LogP contribution in [0.5, 0.6) is 0 Å². The Bertz CT molecular complexity index is 586. The van der Waals surface area contributed by atoms with Crippen molar-refractivity contribution in [1.29, 1.82) is 0 Å². The van der Waals surface area contributed by atoms with Gasteiger partial charge in [0.05, 0.1) is 17.6 Å². The van der Waals surface area contributed by atoms with Crippen LogP contribution in [0.3, 0.4) is 0 Å². The SMILES string of the molecule is CCC1COC(C)CN1S(=O)(=O)c1ccc(N)c(C)c1. The van der Waals surface area contributed by atoms with E-state index in [0.717, 1.165) is 12.0 Å². The molecule has 2 unspecified atom stereocenters. The van der Waals surface area contributed by atoms with Crippen LogP contribution in [0.1, 0.15) is 25.8 Å². The van der Waals surface area contributed by atoms with Gasteiger partial charge < -0.3 is 10.5 Å². The highest BCUT2D eigenvalue weighted by molar-refractivity contribution is 7.89. The Hall–Kier alpha value is -1.11. The molecular formula is C14H22N2O3S. The van der Waals surface area contributed by atoms with E-state index in [4.69, 9.17) is 10.5 Å². The molecule has 1 saturated heterocycles. The van der Waals surface area contributed by atoms with Crippen molar-refractivity contribution >= 4 is 15.7 Å². The first kappa shape index (κ1) is 15.3. The van der Waals surface area contributed by atoms with Gasteiger partial charge in [-0.25, -0.2) is 8.42 Å². The number of hydrogen-bond acceptors (Lipinski definition) is 4. The first-order valence-corrected chi connectivity index (χ1v) is 8.29. The van der Waals surface area contributed by atoms with Gasteiger partial charge in [0.15, 0.2) is 0 Å². The summed E-state index contributed by atoms with van der Waals surface area (Å²) in [6.45, 7) is 6.52. The molecule has 6 heteroatoms. The minimum Gasteiger partial charge on any atom is -0.399 e. The fraction of sp³-hybridized carbons (Fsp3) is 0.571. The molecule has 2 rings (SSSR count). The monoisotopic (exact) mass is 298 g/mol. The number of aryl methyl sites for hydroxylation is 1. The van der Waals surface area contributed by atoms with E-state index in [1.54, 1.807) is 22.5 Å². The maximum Gasteiger partial charge on any atom is 0.243 e. The second-order valence-electron chi connectivity index (χ2n) is 5.30. The molecule has 0 bridgehead atoms. The minimum absolute atomic E-state index is 0.0811. The number of anilines is 1. The van der Waals surface area contributed by atoms with Crippen molar-refractivity contribution in [1.82, 2.24) is 4.31 Å². The molecule has 0 saturated carbocycles. The fourth-order valence-electron chi connectivity index (χ4n) is 2.37. The first-order chi connectivity index (χ1) is 9.36. The van der Waals surface area contributed by atoms with Crippen LogP contribution in [0.2, 0.25) is 0 Å². The van der Waals surface area contributed by atoms with Crippen LogP contribution in [0.15, 0.2) is 23.1 Å². The number of nitrogen functional groups attached to an aromatic ring is 1. The summed E-state index contributed by atoms with van der Waals surface area (Å²) >= 11 is 0. The smallest absolute Gasteiger partial charge is 0.243 e. The molecule has 5 nitrogen and oxygen atoms in total. The van der Waals surface area contributed by atoms with Crippen LogP contribution in [-0.2, 0) is 14.8 Å². The summed E-state index contributed by atoms with van der Waals surface area (Å²) in [5.74, 6) is 0. The number of nitrogens with zero attached hydrogens (tertiary/aromatic N) is 1. The van der Waals surface area contributed by atoms with E-state index in [2.05, 4.69) is 0 Å². The van der Waals surface area contributed by atoms with Crippen LogP contribution in [0.25, 0.3) is 0 Å². The predicted octanol–water partition coefficient (Wildman–Crippen LogP) is 1.77. The minimum atomic E-state index is -3.50. The second kappa shape index (κ2) is 5.71. The summed E-state index contributed by atoms with van der Waals surface area (Å²) in [6.07, 6.45) is 0.655. The molecule has 112 valence electrons. The van der Waals surface area contributed by atoms with Crippen LogP contribution in [0, 0.1) is 6.92 Å². The molecule has 0 aliphatic carbocycles. The van der Waals surface area contributed by atoms with E-state index in [9.17, 15) is 8.42 Å². The zero-order chi connectivity index (χ0) is 14.9. The summed E-state index contributed by atoms with van der Waals surface area (Å²) in [4.78, 5) is 0.303. The van der Waals surface area contributed by atoms with Gasteiger partial charge in [0, 0.05) is 18.3 Å². The van der Waals surface area contributed by atoms with E-state index in [1.807, 2.05) is 20.8 Å². The lowest BCUT2D eigenvalue weighted by Gasteiger charge is -2.37. The van der Waals surface area contributed by atoms with Gasteiger partial charge >= 0.3 is 0 Å². The molecule has 2 N–H and O–H groups in total. The number of sulfonamides is 1. The Morgan fingerprint density at radius 2 is 2.15 bits per heavy atom. The lowest BCUT2D eigenvalue weighted by molar-refractivity contribution is -0.0230. The van der Waals surface area contributed by atoms with Crippen molar-refractivity contribution < 1.29 is 13.2 Å². The fourth-order valence-corrected chi connectivity index (χ4v) is 4.22. The lowest BCUT2D eigenvalue weighted by atomic mass is 10.2. The highest BCUT2D eigenvalue weighted by Gasteiger charge is 2.35. The van der Waals surface area contributed by atoms with Crippen molar-refractivity contribution in [2.24, 2.45) is 0 Å². The van der Waals surface area contributed by atoms with Gasteiger partial charge in [0.25, 0.3) is 0 Å². The molecule has 0 amide bonds. The van der Waals surface area contributed by atoms with Gasteiger partial charge in [0.2, 0.25) is 10.0 Å². The van der Waals surface area contributed by atoms with Crippen LogP contribution >= 0.6 is 0 Å². The molecular weight excluding hydrogens is 276 g/mol. The Labute approximate surface area is 120 Å². The highest BCUT2D eigenvalue weighted by Crippen LogP contribution is 2.26. The molecule has 1 fully saturated rings. The van der Waals surface area contributed by atoms with E-state index < -0.39 is 10.0 Å². The number of ether oxygens (including phenoxy) is 1. The number of rotatable bonds is 3. The molecule has 20 heavy (non-hydrogen) atoms. The van der Waals surface area contributed by atoms with Gasteiger partial charge in [-0.15, -0.1) is 0 Å². The average molecular weight is 298 g/mol. The first-order valence-electron chi connectivity index (χ1n) is 6.85. The maximum atomic E-state index is 12.8. The van der Waals surface area contributed by atoms with Gasteiger partial charge in [-0.3, -0.25) is 0 Å². The Kier molecular flexibility index (Phi) is 4.36. The van der Waals surface area contributed by atoms with E-state index in [0.29, 0.717) is 23.7 Å². The molecule has 2 atom stereocenters. The summed E-state index contributed by atoms with van der Waals surface area (Å²) in [5.41, 5.74) is 7.14. The number of hydrogen-bond donors (Lipinski definition) is 1. The van der Waals surface area contributed by atoms with Crippen molar-refractivity contribution in [2.75, 3.05) is 18.9 Å². The quantitative estimate of drug-likeness (QED) is 0.863. The van der Waals surface area contributed by atoms with E-state index in [1.165, 1.54) is 0 Å².